The third kappa shape index (κ3) is 5.53. The van der Waals surface area contributed by atoms with Gasteiger partial charge in [0.1, 0.15) is 0 Å². The topological polar surface area (TPSA) is 67.9 Å². The van der Waals surface area contributed by atoms with Gasteiger partial charge in [-0.25, -0.2) is 4.79 Å². The minimum absolute atomic E-state index is 0.0474. The smallest absolute Gasteiger partial charge is 0.407 e. The highest BCUT2D eigenvalue weighted by Gasteiger charge is 2.33. The highest BCUT2D eigenvalue weighted by molar-refractivity contribution is 5.69. The molecule has 1 aliphatic heterocycles. The molecule has 0 aromatic carbocycles. The Kier molecular flexibility index (Phi) is 5.85. The number of carbonyl (C=O) groups is 2. The number of hydrogen-bond acceptors (Lipinski definition) is 5. The van der Waals surface area contributed by atoms with Gasteiger partial charge in [0.25, 0.3) is 0 Å². The standard InChI is InChI=1S/C15H26N2O4/c1-3-21-15(19)16-13-6-12(7-14(18)20-2)9-17(10-13)8-11-4-5-11/h11-13H,3-10H2,1-2H3,(H,16,19). The van der Waals surface area contributed by atoms with Crippen LogP contribution in [0.15, 0.2) is 0 Å². The summed E-state index contributed by atoms with van der Waals surface area (Å²) in [6, 6.07) is 0.0474. The summed E-state index contributed by atoms with van der Waals surface area (Å²) in [6.45, 7) is 4.98. The second-order valence-corrected chi connectivity index (χ2v) is 6.11. The highest BCUT2D eigenvalue weighted by Crippen LogP contribution is 2.31. The minimum atomic E-state index is -0.368. The number of likely N-dealkylation sites (tertiary alicyclic amines) is 1. The number of nitrogens with one attached hydrogen (secondary N) is 1. The van der Waals surface area contributed by atoms with Crippen LogP contribution in [0.3, 0.4) is 0 Å². The lowest BCUT2D eigenvalue weighted by molar-refractivity contribution is -0.142. The predicted octanol–water partition coefficient (Wildman–Crippen LogP) is 1.40. The number of alkyl carbamates (subject to hydrolysis) is 1. The molecule has 6 heteroatoms. The molecule has 0 aromatic heterocycles. The van der Waals surface area contributed by atoms with E-state index in [2.05, 4.69) is 10.2 Å². The zero-order valence-corrected chi connectivity index (χ0v) is 13.0. The first-order chi connectivity index (χ1) is 10.1. The first kappa shape index (κ1) is 16.1. The van der Waals surface area contributed by atoms with Crippen molar-refractivity contribution in [3.63, 3.8) is 0 Å². The third-order valence-corrected chi connectivity index (χ3v) is 4.11. The van der Waals surface area contributed by atoms with Gasteiger partial charge in [-0.1, -0.05) is 0 Å². The van der Waals surface area contributed by atoms with Crippen LogP contribution in [-0.2, 0) is 14.3 Å². The summed E-state index contributed by atoms with van der Waals surface area (Å²) in [6.07, 6.45) is 3.45. The minimum Gasteiger partial charge on any atom is -0.469 e. The van der Waals surface area contributed by atoms with Crippen LogP contribution in [0.25, 0.3) is 0 Å². The molecule has 2 aliphatic rings. The fourth-order valence-electron chi connectivity index (χ4n) is 3.03. The van der Waals surface area contributed by atoms with E-state index in [1.807, 2.05) is 0 Å². The van der Waals surface area contributed by atoms with Gasteiger partial charge in [0.05, 0.1) is 13.7 Å². The van der Waals surface area contributed by atoms with Crippen molar-refractivity contribution in [1.82, 2.24) is 10.2 Å². The Morgan fingerprint density at radius 3 is 2.62 bits per heavy atom. The number of piperidine rings is 1. The zero-order valence-electron chi connectivity index (χ0n) is 13.0. The Balaban J connectivity index is 1.88. The van der Waals surface area contributed by atoms with Crippen molar-refractivity contribution in [3.05, 3.63) is 0 Å². The number of rotatable bonds is 6. The molecule has 0 radical (unpaired) electrons. The number of methoxy groups -OCH3 is 1. The van der Waals surface area contributed by atoms with Crippen LogP contribution in [0.4, 0.5) is 4.79 Å². The molecule has 2 fully saturated rings. The van der Waals surface area contributed by atoms with Crippen molar-refractivity contribution in [2.24, 2.45) is 11.8 Å². The molecule has 1 saturated carbocycles. The zero-order chi connectivity index (χ0) is 15.2. The number of nitrogens with zero attached hydrogens (tertiary/aromatic N) is 1. The molecule has 1 N–H and O–H groups in total. The van der Waals surface area contributed by atoms with Gasteiger partial charge in [0.2, 0.25) is 0 Å². The summed E-state index contributed by atoms with van der Waals surface area (Å²) >= 11 is 0. The molecule has 0 aromatic rings. The molecule has 1 saturated heterocycles. The molecule has 0 bridgehead atoms. The van der Waals surface area contributed by atoms with Crippen LogP contribution < -0.4 is 5.32 Å². The van der Waals surface area contributed by atoms with E-state index in [1.165, 1.54) is 20.0 Å². The number of amides is 1. The summed E-state index contributed by atoms with van der Waals surface area (Å²) in [7, 11) is 1.42. The van der Waals surface area contributed by atoms with Crippen LogP contribution in [0.1, 0.15) is 32.6 Å². The summed E-state index contributed by atoms with van der Waals surface area (Å²) in [5.41, 5.74) is 0. The summed E-state index contributed by atoms with van der Waals surface area (Å²) in [4.78, 5) is 25.5. The van der Waals surface area contributed by atoms with E-state index in [-0.39, 0.29) is 24.0 Å². The fourth-order valence-corrected chi connectivity index (χ4v) is 3.03. The van der Waals surface area contributed by atoms with E-state index >= 15 is 0 Å². The van der Waals surface area contributed by atoms with Crippen LogP contribution in [-0.4, -0.2) is 56.4 Å². The SMILES string of the molecule is CCOC(=O)NC1CC(CC(=O)OC)CN(CC2CC2)C1. The maximum atomic E-state index is 11.6. The average Bonchev–Trinajstić information content (AvgIpc) is 3.22. The summed E-state index contributed by atoms with van der Waals surface area (Å²) in [5.74, 6) is 0.852. The van der Waals surface area contributed by atoms with Gasteiger partial charge in [-0.2, -0.15) is 0 Å². The van der Waals surface area contributed by atoms with E-state index in [4.69, 9.17) is 9.47 Å². The van der Waals surface area contributed by atoms with Gasteiger partial charge in [-0.05, 0) is 38.0 Å². The van der Waals surface area contributed by atoms with Crippen molar-refractivity contribution >= 4 is 12.1 Å². The maximum Gasteiger partial charge on any atom is 0.407 e. The Morgan fingerprint density at radius 2 is 2.00 bits per heavy atom. The molecule has 2 rings (SSSR count). The molecule has 120 valence electrons. The van der Waals surface area contributed by atoms with E-state index in [0.717, 1.165) is 32.0 Å². The Bertz CT molecular complexity index is 371. The van der Waals surface area contributed by atoms with Gasteiger partial charge >= 0.3 is 12.1 Å². The van der Waals surface area contributed by atoms with Crippen LogP contribution in [0.5, 0.6) is 0 Å². The highest BCUT2D eigenvalue weighted by atomic mass is 16.5. The van der Waals surface area contributed by atoms with Gasteiger partial charge < -0.3 is 19.7 Å². The molecule has 21 heavy (non-hydrogen) atoms. The first-order valence-corrected chi connectivity index (χ1v) is 7.83. The van der Waals surface area contributed by atoms with Crippen molar-refractivity contribution in [3.8, 4) is 0 Å². The Morgan fingerprint density at radius 1 is 1.24 bits per heavy atom. The Labute approximate surface area is 126 Å². The predicted molar refractivity (Wildman–Crippen MR) is 77.8 cm³/mol. The van der Waals surface area contributed by atoms with Crippen LogP contribution >= 0.6 is 0 Å². The van der Waals surface area contributed by atoms with Gasteiger partial charge in [-0.3, -0.25) is 4.79 Å². The molecule has 1 heterocycles. The second-order valence-electron chi connectivity index (χ2n) is 6.11. The number of ether oxygens (including phenoxy) is 2. The molecule has 2 unspecified atom stereocenters. The van der Waals surface area contributed by atoms with Gasteiger partial charge in [-0.15, -0.1) is 0 Å². The van der Waals surface area contributed by atoms with E-state index in [9.17, 15) is 9.59 Å². The first-order valence-electron chi connectivity index (χ1n) is 7.83. The van der Waals surface area contributed by atoms with E-state index < -0.39 is 0 Å². The maximum absolute atomic E-state index is 11.6. The molecular weight excluding hydrogens is 272 g/mol. The Hall–Kier alpha value is -1.30. The monoisotopic (exact) mass is 298 g/mol. The van der Waals surface area contributed by atoms with E-state index in [0.29, 0.717) is 13.0 Å². The van der Waals surface area contributed by atoms with Crippen molar-refractivity contribution in [2.45, 2.75) is 38.6 Å². The lowest BCUT2D eigenvalue weighted by atomic mass is 9.91. The van der Waals surface area contributed by atoms with Gasteiger partial charge in [0, 0.05) is 32.1 Å². The molecule has 0 spiro atoms. The van der Waals surface area contributed by atoms with Crippen LogP contribution in [0.2, 0.25) is 0 Å². The normalized spacial score (nSPS) is 26.2. The lowest BCUT2D eigenvalue weighted by Crippen LogP contribution is -2.51. The second kappa shape index (κ2) is 7.64. The third-order valence-electron chi connectivity index (χ3n) is 4.11. The summed E-state index contributed by atoms with van der Waals surface area (Å²) in [5, 5.41) is 2.91. The molecular formula is C15H26N2O4. The molecule has 6 nitrogen and oxygen atoms in total. The lowest BCUT2D eigenvalue weighted by Gasteiger charge is -2.37. The largest absolute Gasteiger partial charge is 0.469 e. The molecule has 2 atom stereocenters. The number of esters is 1. The van der Waals surface area contributed by atoms with Crippen molar-refractivity contribution < 1.29 is 19.1 Å². The average molecular weight is 298 g/mol. The molecule has 1 aliphatic carbocycles. The fraction of sp³-hybridized carbons (Fsp3) is 0.867. The molecule has 1 amide bonds. The van der Waals surface area contributed by atoms with Gasteiger partial charge in [0.15, 0.2) is 0 Å². The number of carbonyl (C=O) groups excluding carboxylic acids is 2. The summed E-state index contributed by atoms with van der Waals surface area (Å²) < 4.78 is 9.72. The van der Waals surface area contributed by atoms with E-state index in [1.54, 1.807) is 6.92 Å². The van der Waals surface area contributed by atoms with Crippen molar-refractivity contribution in [2.75, 3.05) is 33.4 Å². The quantitative estimate of drug-likeness (QED) is 0.751. The van der Waals surface area contributed by atoms with Crippen molar-refractivity contribution in [1.29, 1.82) is 0 Å². The van der Waals surface area contributed by atoms with Crippen LogP contribution in [0, 0.1) is 11.8 Å². The number of hydrogen-bond donors (Lipinski definition) is 1.